The van der Waals surface area contributed by atoms with Gasteiger partial charge < -0.3 is 10.1 Å². The molecule has 1 atom stereocenters. The maximum Gasteiger partial charge on any atom is 0.0469 e. The molecule has 6 heteroatoms. The Morgan fingerprint density at radius 3 is 2.50 bits per heavy atom. The summed E-state index contributed by atoms with van der Waals surface area (Å²) in [6.07, 6.45) is 2.43. The molecule has 0 saturated carbocycles. The van der Waals surface area contributed by atoms with Crippen molar-refractivity contribution >= 4 is 36.2 Å². The summed E-state index contributed by atoms with van der Waals surface area (Å²) in [5.74, 6) is 0.770. The number of nitrogens with one attached hydrogen (secondary N) is 1. The molecule has 2 saturated heterocycles. The Hall–Kier alpha value is 0.160. The van der Waals surface area contributed by atoms with Crippen LogP contribution in [0.1, 0.15) is 24.4 Å². The number of nitrogens with zero attached hydrogens (tertiary/aromatic N) is 1. The highest BCUT2D eigenvalue weighted by Gasteiger charge is 2.31. The molecule has 1 aromatic rings. The van der Waals surface area contributed by atoms with Gasteiger partial charge in [-0.2, -0.15) is 11.3 Å². The third-order valence-corrected chi connectivity index (χ3v) is 4.84. The van der Waals surface area contributed by atoms with Crippen LogP contribution < -0.4 is 5.32 Å². The molecule has 0 radical (unpaired) electrons. The molecular weight excluding hydrogens is 315 g/mol. The average Bonchev–Trinajstić information content (AvgIpc) is 2.95. The van der Waals surface area contributed by atoms with Crippen molar-refractivity contribution in [2.45, 2.75) is 18.9 Å². The molecule has 1 N–H and O–H groups in total. The molecule has 0 aromatic carbocycles. The summed E-state index contributed by atoms with van der Waals surface area (Å²) in [7, 11) is 0. The molecule has 0 amide bonds. The summed E-state index contributed by atoms with van der Waals surface area (Å²) in [6, 6.07) is 2.93. The molecule has 3 rings (SSSR count). The van der Waals surface area contributed by atoms with Gasteiger partial charge in [-0.1, -0.05) is 0 Å². The van der Waals surface area contributed by atoms with Crippen molar-refractivity contribution in [2.24, 2.45) is 5.92 Å². The van der Waals surface area contributed by atoms with Gasteiger partial charge in [-0.05, 0) is 41.1 Å². The fourth-order valence-corrected chi connectivity index (χ4v) is 3.91. The van der Waals surface area contributed by atoms with Gasteiger partial charge in [0.1, 0.15) is 0 Å². The predicted octanol–water partition coefficient (Wildman–Crippen LogP) is 2.96. The SMILES string of the molecule is Cl.Cl.c1cc([C@@H](C2CCOCC2)N2CCNCC2)cs1. The van der Waals surface area contributed by atoms with E-state index in [1.54, 1.807) is 0 Å². The second kappa shape index (κ2) is 9.23. The van der Waals surface area contributed by atoms with Gasteiger partial charge in [0.05, 0.1) is 0 Å². The minimum atomic E-state index is 0. The molecule has 0 spiro atoms. The number of rotatable bonds is 3. The van der Waals surface area contributed by atoms with Crippen LogP contribution in [0.2, 0.25) is 0 Å². The van der Waals surface area contributed by atoms with E-state index in [-0.39, 0.29) is 24.8 Å². The van der Waals surface area contributed by atoms with Crippen LogP contribution in [0.15, 0.2) is 16.8 Å². The lowest BCUT2D eigenvalue weighted by Crippen LogP contribution is -2.47. The highest BCUT2D eigenvalue weighted by Crippen LogP contribution is 2.36. The fourth-order valence-electron chi connectivity index (χ4n) is 3.22. The van der Waals surface area contributed by atoms with E-state index in [0.717, 1.165) is 32.2 Å². The first-order chi connectivity index (χ1) is 8.95. The lowest BCUT2D eigenvalue weighted by atomic mass is 9.87. The average molecular weight is 339 g/mol. The van der Waals surface area contributed by atoms with Crippen LogP contribution in [0.4, 0.5) is 0 Å². The molecule has 1 aromatic heterocycles. The van der Waals surface area contributed by atoms with Gasteiger partial charge in [-0.25, -0.2) is 0 Å². The van der Waals surface area contributed by atoms with E-state index in [0.29, 0.717) is 6.04 Å². The molecule has 3 nitrogen and oxygen atoms in total. The molecule has 20 heavy (non-hydrogen) atoms. The maximum atomic E-state index is 5.53. The van der Waals surface area contributed by atoms with Crippen LogP contribution in [0.25, 0.3) is 0 Å². The zero-order valence-electron chi connectivity index (χ0n) is 11.6. The molecule has 2 fully saturated rings. The molecule has 2 aliphatic rings. The Morgan fingerprint density at radius 1 is 1.20 bits per heavy atom. The number of hydrogen-bond donors (Lipinski definition) is 1. The molecule has 0 aliphatic carbocycles. The maximum absolute atomic E-state index is 5.53. The highest BCUT2D eigenvalue weighted by molar-refractivity contribution is 7.07. The van der Waals surface area contributed by atoms with Gasteiger partial charge in [0, 0.05) is 45.4 Å². The number of piperazine rings is 1. The molecular formula is C14H24Cl2N2OS. The normalized spacial score (nSPS) is 22.6. The quantitative estimate of drug-likeness (QED) is 0.916. The van der Waals surface area contributed by atoms with Crippen molar-refractivity contribution < 1.29 is 4.74 Å². The Bertz CT molecular complexity index is 334. The second-order valence-electron chi connectivity index (χ2n) is 5.24. The van der Waals surface area contributed by atoms with Gasteiger partial charge in [-0.15, -0.1) is 24.8 Å². The number of hydrogen-bond acceptors (Lipinski definition) is 4. The van der Waals surface area contributed by atoms with Crippen molar-refractivity contribution in [1.29, 1.82) is 0 Å². The second-order valence-corrected chi connectivity index (χ2v) is 6.02. The van der Waals surface area contributed by atoms with Crippen LogP contribution in [0.3, 0.4) is 0 Å². The highest BCUT2D eigenvalue weighted by atomic mass is 35.5. The fraction of sp³-hybridized carbons (Fsp3) is 0.714. The van der Waals surface area contributed by atoms with E-state index in [1.807, 2.05) is 11.3 Å². The van der Waals surface area contributed by atoms with Gasteiger partial charge in [0.25, 0.3) is 0 Å². The summed E-state index contributed by atoms with van der Waals surface area (Å²) in [6.45, 7) is 6.50. The van der Waals surface area contributed by atoms with Crippen LogP contribution >= 0.6 is 36.2 Å². The van der Waals surface area contributed by atoms with Crippen LogP contribution in [0.5, 0.6) is 0 Å². The van der Waals surface area contributed by atoms with Crippen LogP contribution in [0, 0.1) is 5.92 Å². The Labute approximate surface area is 137 Å². The largest absolute Gasteiger partial charge is 0.381 e. The Balaban J connectivity index is 0.000001000. The van der Waals surface area contributed by atoms with Gasteiger partial charge in [-0.3, -0.25) is 4.90 Å². The van der Waals surface area contributed by atoms with Crippen LogP contribution in [-0.4, -0.2) is 44.3 Å². The van der Waals surface area contributed by atoms with Crippen LogP contribution in [-0.2, 0) is 4.74 Å². The minimum Gasteiger partial charge on any atom is -0.381 e. The van der Waals surface area contributed by atoms with Crippen molar-refractivity contribution in [2.75, 3.05) is 39.4 Å². The van der Waals surface area contributed by atoms with Crippen molar-refractivity contribution in [3.63, 3.8) is 0 Å². The van der Waals surface area contributed by atoms with Gasteiger partial charge >= 0.3 is 0 Å². The third kappa shape index (κ3) is 4.33. The first-order valence-corrected chi connectivity index (χ1v) is 7.94. The van der Waals surface area contributed by atoms with Gasteiger partial charge in [0.2, 0.25) is 0 Å². The standard InChI is InChI=1S/C14H22N2OS.2ClH/c1-8-17-9-2-12(1)14(13-3-10-18-11-13)16-6-4-15-5-7-16;;/h3,10-12,14-15H,1-2,4-9H2;2*1H/t14-;;/m1../s1. The van der Waals surface area contributed by atoms with E-state index >= 15 is 0 Å². The van der Waals surface area contributed by atoms with Crippen molar-refractivity contribution in [3.8, 4) is 0 Å². The zero-order valence-corrected chi connectivity index (χ0v) is 14.1. The third-order valence-electron chi connectivity index (χ3n) is 4.14. The lowest BCUT2D eigenvalue weighted by molar-refractivity contribution is 0.0214. The first kappa shape index (κ1) is 18.2. The number of halogens is 2. The van der Waals surface area contributed by atoms with E-state index in [2.05, 4.69) is 27.0 Å². The Morgan fingerprint density at radius 2 is 1.90 bits per heavy atom. The minimum absolute atomic E-state index is 0. The topological polar surface area (TPSA) is 24.5 Å². The molecule has 0 bridgehead atoms. The van der Waals surface area contributed by atoms with Crippen molar-refractivity contribution in [3.05, 3.63) is 22.4 Å². The number of ether oxygens (including phenoxy) is 1. The summed E-state index contributed by atoms with van der Waals surface area (Å²) < 4.78 is 5.53. The zero-order chi connectivity index (χ0) is 12.2. The summed E-state index contributed by atoms with van der Waals surface area (Å²) >= 11 is 1.82. The summed E-state index contributed by atoms with van der Waals surface area (Å²) in [5.41, 5.74) is 1.52. The van der Waals surface area contributed by atoms with E-state index in [1.165, 1.54) is 31.5 Å². The first-order valence-electron chi connectivity index (χ1n) is 7.00. The molecule has 2 aliphatic heterocycles. The number of thiophene rings is 1. The van der Waals surface area contributed by atoms with Gasteiger partial charge in [0.15, 0.2) is 0 Å². The summed E-state index contributed by atoms with van der Waals surface area (Å²) in [4.78, 5) is 2.68. The lowest BCUT2D eigenvalue weighted by Gasteiger charge is -2.40. The smallest absolute Gasteiger partial charge is 0.0469 e. The van der Waals surface area contributed by atoms with E-state index in [9.17, 15) is 0 Å². The molecule has 0 unspecified atom stereocenters. The predicted molar refractivity (Wildman–Crippen MR) is 89.5 cm³/mol. The van der Waals surface area contributed by atoms with Crippen molar-refractivity contribution in [1.82, 2.24) is 10.2 Å². The monoisotopic (exact) mass is 338 g/mol. The molecule has 3 heterocycles. The Kier molecular flexibility index (Phi) is 8.41. The summed E-state index contributed by atoms with van der Waals surface area (Å²) in [5, 5.41) is 8.00. The van der Waals surface area contributed by atoms with E-state index in [4.69, 9.17) is 4.74 Å². The van der Waals surface area contributed by atoms with E-state index < -0.39 is 0 Å². The molecule has 116 valence electrons.